The molecule has 1 heterocycles. The summed E-state index contributed by atoms with van der Waals surface area (Å²) in [6, 6.07) is 0. The first-order valence-corrected chi connectivity index (χ1v) is 7.32. The average molecular weight is 296 g/mol. The number of aromatic amines is 1. The molecule has 1 fully saturated rings. The smallest absolute Gasteiger partial charge is 0.330 e. The van der Waals surface area contributed by atoms with Gasteiger partial charge in [0.25, 0.3) is 5.56 Å². The van der Waals surface area contributed by atoms with Crippen LogP contribution >= 0.6 is 0 Å². The Morgan fingerprint density at radius 1 is 1.38 bits per heavy atom. The van der Waals surface area contributed by atoms with Crippen LogP contribution in [-0.2, 0) is 11.3 Å². The molecule has 2 rings (SSSR count). The number of aromatic nitrogens is 2. The van der Waals surface area contributed by atoms with Gasteiger partial charge in [0.2, 0.25) is 0 Å². The lowest BCUT2D eigenvalue weighted by molar-refractivity contribution is 0.186. The van der Waals surface area contributed by atoms with Gasteiger partial charge in [-0.05, 0) is 18.3 Å². The van der Waals surface area contributed by atoms with E-state index in [4.69, 9.17) is 10.5 Å². The lowest BCUT2D eigenvalue weighted by Gasteiger charge is -2.24. The lowest BCUT2D eigenvalue weighted by atomic mass is 9.89. The molecule has 1 aromatic rings. The Kier molecular flexibility index (Phi) is 4.72. The third-order valence-corrected chi connectivity index (χ3v) is 4.26. The average Bonchev–Trinajstić information content (AvgIpc) is 2.85. The van der Waals surface area contributed by atoms with Crippen molar-refractivity contribution in [3.05, 3.63) is 20.8 Å². The third-order valence-electron chi connectivity index (χ3n) is 4.26. The van der Waals surface area contributed by atoms with E-state index < -0.39 is 11.2 Å². The maximum Gasteiger partial charge on any atom is 0.330 e. The number of nitrogen functional groups attached to an aromatic ring is 1. The SMILES string of the molecule is COCCn1c(N)c(NCC2(C)CCCC2)c(=O)[nH]c1=O. The van der Waals surface area contributed by atoms with Crippen LogP contribution in [0.5, 0.6) is 0 Å². The first kappa shape index (κ1) is 15.6. The monoisotopic (exact) mass is 296 g/mol. The number of nitrogens with one attached hydrogen (secondary N) is 2. The molecule has 0 aromatic carbocycles. The first-order valence-electron chi connectivity index (χ1n) is 7.32. The molecule has 0 amide bonds. The van der Waals surface area contributed by atoms with Crippen LogP contribution in [0, 0.1) is 5.41 Å². The van der Waals surface area contributed by atoms with Crippen molar-refractivity contribution in [3.63, 3.8) is 0 Å². The molecule has 7 nitrogen and oxygen atoms in total. The maximum atomic E-state index is 12.0. The Balaban J connectivity index is 2.22. The summed E-state index contributed by atoms with van der Waals surface area (Å²) in [5.41, 5.74) is 5.47. The number of hydrogen-bond acceptors (Lipinski definition) is 5. The van der Waals surface area contributed by atoms with Gasteiger partial charge < -0.3 is 15.8 Å². The summed E-state index contributed by atoms with van der Waals surface area (Å²) in [6.07, 6.45) is 4.72. The van der Waals surface area contributed by atoms with Crippen LogP contribution in [-0.4, -0.2) is 29.8 Å². The number of nitrogens with two attached hydrogens (primary N) is 1. The van der Waals surface area contributed by atoms with E-state index in [2.05, 4.69) is 17.2 Å². The van der Waals surface area contributed by atoms with Crippen LogP contribution in [0.15, 0.2) is 9.59 Å². The van der Waals surface area contributed by atoms with Gasteiger partial charge in [-0.1, -0.05) is 19.8 Å². The van der Waals surface area contributed by atoms with E-state index in [9.17, 15) is 9.59 Å². The fraction of sp³-hybridized carbons (Fsp3) is 0.714. The van der Waals surface area contributed by atoms with E-state index in [0.29, 0.717) is 19.7 Å². The first-order chi connectivity index (χ1) is 9.97. The van der Waals surface area contributed by atoms with Crippen LogP contribution in [0.25, 0.3) is 0 Å². The topological polar surface area (TPSA) is 102 Å². The molecule has 7 heteroatoms. The van der Waals surface area contributed by atoms with Gasteiger partial charge in [0.15, 0.2) is 0 Å². The molecule has 1 aliphatic rings. The third kappa shape index (κ3) is 3.47. The fourth-order valence-electron chi connectivity index (χ4n) is 2.87. The molecule has 1 aliphatic carbocycles. The lowest BCUT2D eigenvalue weighted by Crippen LogP contribution is -2.36. The summed E-state index contributed by atoms with van der Waals surface area (Å²) in [7, 11) is 1.55. The number of anilines is 2. The van der Waals surface area contributed by atoms with Crippen LogP contribution in [0.3, 0.4) is 0 Å². The van der Waals surface area contributed by atoms with Crippen molar-refractivity contribution in [3.8, 4) is 0 Å². The van der Waals surface area contributed by atoms with E-state index in [0.717, 1.165) is 12.8 Å². The van der Waals surface area contributed by atoms with Gasteiger partial charge in [0, 0.05) is 13.7 Å². The van der Waals surface area contributed by atoms with Crippen molar-refractivity contribution < 1.29 is 4.74 Å². The number of methoxy groups -OCH3 is 1. The minimum absolute atomic E-state index is 0.169. The molecule has 0 saturated heterocycles. The van der Waals surface area contributed by atoms with Crippen molar-refractivity contribution in [1.29, 1.82) is 0 Å². The Morgan fingerprint density at radius 3 is 2.67 bits per heavy atom. The van der Waals surface area contributed by atoms with Crippen molar-refractivity contribution >= 4 is 11.5 Å². The zero-order chi connectivity index (χ0) is 15.5. The molecule has 0 unspecified atom stereocenters. The second-order valence-electron chi connectivity index (χ2n) is 6.04. The summed E-state index contributed by atoms with van der Waals surface area (Å²) in [5, 5.41) is 3.14. The predicted molar refractivity (Wildman–Crippen MR) is 82.7 cm³/mol. The quantitative estimate of drug-likeness (QED) is 0.719. The highest BCUT2D eigenvalue weighted by Crippen LogP contribution is 2.37. The molecular weight excluding hydrogens is 272 g/mol. The minimum Gasteiger partial charge on any atom is -0.383 e. The zero-order valence-electron chi connectivity index (χ0n) is 12.7. The Hall–Kier alpha value is -1.76. The second kappa shape index (κ2) is 6.34. The number of rotatable bonds is 6. The van der Waals surface area contributed by atoms with E-state index >= 15 is 0 Å². The molecule has 0 atom stereocenters. The Bertz CT molecular complexity index is 599. The van der Waals surface area contributed by atoms with Crippen LogP contribution in [0.2, 0.25) is 0 Å². The summed E-state index contributed by atoms with van der Waals surface area (Å²) in [4.78, 5) is 26.0. The maximum absolute atomic E-state index is 12.0. The highest BCUT2D eigenvalue weighted by Gasteiger charge is 2.29. The summed E-state index contributed by atoms with van der Waals surface area (Å²) >= 11 is 0. The highest BCUT2D eigenvalue weighted by atomic mass is 16.5. The van der Waals surface area contributed by atoms with Crippen molar-refractivity contribution in [2.45, 2.75) is 39.2 Å². The number of ether oxygens (including phenoxy) is 1. The van der Waals surface area contributed by atoms with E-state index in [1.807, 2.05) is 0 Å². The molecule has 1 saturated carbocycles. The van der Waals surface area contributed by atoms with Gasteiger partial charge in [-0.2, -0.15) is 0 Å². The largest absolute Gasteiger partial charge is 0.383 e. The molecule has 0 aliphatic heterocycles. The summed E-state index contributed by atoms with van der Waals surface area (Å²) in [6.45, 7) is 3.55. The van der Waals surface area contributed by atoms with Gasteiger partial charge in [0.1, 0.15) is 11.5 Å². The van der Waals surface area contributed by atoms with Crippen molar-refractivity contribution in [1.82, 2.24) is 9.55 Å². The molecule has 21 heavy (non-hydrogen) atoms. The van der Waals surface area contributed by atoms with Gasteiger partial charge in [-0.3, -0.25) is 14.3 Å². The molecule has 118 valence electrons. The van der Waals surface area contributed by atoms with Gasteiger partial charge in [-0.25, -0.2) is 4.79 Å². The molecule has 4 N–H and O–H groups in total. The van der Waals surface area contributed by atoms with Crippen molar-refractivity contribution in [2.24, 2.45) is 5.41 Å². The summed E-state index contributed by atoms with van der Waals surface area (Å²) < 4.78 is 6.28. The normalized spacial score (nSPS) is 17.0. The number of hydrogen-bond donors (Lipinski definition) is 3. The summed E-state index contributed by atoms with van der Waals surface area (Å²) in [5.74, 6) is 0.169. The zero-order valence-corrected chi connectivity index (χ0v) is 12.7. The molecule has 0 bridgehead atoms. The molecule has 0 spiro atoms. The Morgan fingerprint density at radius 2 is 2.05 bits per heavy atom. The fourth-order valence-corrected chi connectivity index (χ4v) is 2.87. The van der Waals surface area contributed by atoms with Crippen molar-refractivity contribution in [2.75, 3.05) is 31.3 Å². The van der Waals surface area contributed by atoms with Crippen LogP contribution in [0.4, 0.5) is 11.5 Å². The molecule has 1 aromatic heterocycles. The van der Waals surface area contributed by atoms with Gasteiger partial charge in [0.05, 0.1) is 13.2 Å². The Labute approximate surface area is 123 Å². The van der Waals surface area contributed by atoms with E-state index in [-0.39, 0.29) is 16.9 Å². The van der Waals surface area contributed by atoms with Crippen LogP contribution in [0.1, 0.15) is 32.6 Å². The van der Waals surface area contributed by atoms with Gasteiger partial charge in [-0.15, -0.1) is 0 Å². The molecular formula is C14H24N4O3. The highest BCUT2D eigenvalue weighted by molar-refractivity contribution is 5.60. The number of nitrogens with zero attached hydrogens (tertiary/aromatic N) is 1. The minimum atomic E-state index is -0.507. The second-order valence-corrected chi connectivity index (χ2v) is 6.04. The van der Waals surface area contributed by atoms with E-state index in [1.165, 1.54) is 17.4 Å². The van der Waals surface area contributed by atoms with Crippen LogP contribution < -0.4 is 22.3 Å². The number of H-pyrrole nitrogens is 1. The predicted octanol–water partition coefficient (Wildman–Crippen LogP) is 0.757. The molecule has 0 radical (unpaired) electrons. The van der Waals surface area contributed by atoms with Gasteiger partial charge >= 0.3 is 5.69 Å². The standard InChI is InChI=1S/C14H24N4O3/c1-14(5-3-4-6-14)9-16-10-11(15)18(7-8-21-2)13(20)17-12(10)19/h16H,3-9,15H2,1-2H3,(H,17,19,20). The van der Waals surface area contributed by atoms with E-state index in [1.54, 1.807) is 7.11 Å².